The molecule has 0 unspecified atom stereocenters. The summed E-state index contributed by atoms with van der Waals surface area (Å²) < 4.78 is 7.16. The van der Waals surface area contributed by atoms with Crippen LogP contribution in [0.15, 0.2) is 48.1 Å². The van der Waals surface area contributed by atoms with Gasteiger partial charge in [0.25, 0.3) is 11.8 Å². The number of carbonyl (C=O) groups is 1. The number of anilines is 1. The summed E-state index contributed by atoms with van der Waals surface area (Å²) in [6, 6.07) is 9.50. The molecule has 3 rings (SSSR count). The Morgan fingerprint density at radius 2 is 2.17 bits per heavy atom. The molecular weight excluding hydrogens is 336 g/mol. The summed E-state index contributed by atoms with van der Waals surface area (Å²) in [5.41, 5.74) is 0.851. The highest BCUT2D eigenvalue weighted by Crippen LogP contribution is 2.25. The molecule has 1 amide bonds. The van der Waals surface area contributed by atoms with Gasteiger partial charge in [-0.1, -0.05) is 29.8 Å². The van der Waals surface area contributed by atoms with Crippen LogP contribution in [0, 0.1) is 0 Å². The Balaban J connectivity index is 1.70. The Labute approximate surface area is 141 Å². The first-order chi connectivity index (χ1) is 11.1. The Morgan fingerprint density at radius 3 is 2.87 bits per heavy atom. The maximum Gasteiger partial charge on any atom is 0.266 e. The molecule has 0 saturated carbocycles. The molecule has 2 heterocycles. The number of halogens is 1. The fraction of sp³-hybridized carbons (Fsp3) is 0.133. The Hall–Kier alpha value is -2.38. The number of benzene rings is 1. The molecule has 2 aromatic heterocycles. The highest BCUT2D eigenvalue weighted by molar-refractivity contribution is 7.13. The van der Waals surface area contributed by atoms with Gasteiger partial charge in [0.2, 0.25) is 0 Å². The Bertz CT molecular complexity index is 789. The summed E-state index contributed by atoms with van der Waals surface area (Å²) in [5.74, 6) is -0.109. The van der Waals surface area contributed by atoms with Gasteiger partial charge in [-0.25, -0.2) is 9.67 Å². The monoisotopic (exact) mass is 348 g/mol. The zero-order chi connectivity index (χ0) is 16.2. The van der Waals surface area contributed by atoms with E-state index in [2.05, 4.69) is 15.4 Å². The van der Waals surface area contributed by atoms with Gasteiger partial charge in [-0.15, -0.1) is 16.4 Å². The van der Waals surface area contributed by atoms with Crippen molar-refractivity contribution in [1.82, 2.24) is 14.8 Å². The van der Waals surface area contributed by atoms with Gasteiger partial charge in [0.1, 0.15) is 5.02 Å². The smallest absolute Gasteiger partial charge is 0.266 e. The van der Waals surface area contributed by atoms with E-state index < -0.39 is 6.10 Å². The van der Waals surface area contributed by atoms with Crippen LogP contribution in [0.25, 0.3) is 5.69 Å². The van der Waals surface area contributed by atoms with Gasteiger partial charge in [0, 0.05) is 11.6 Å². The summed E-state index contributed by atoms with van der Waals surface area (Å²) in [6.45, 7) is 1.63. The van der Waals surface area contributed by atoms with Gasteiger partial charge in [-0.05, 0) is 19.1 Å². The molecule has 1 aromatic carbocycles. The third-order valence-corrected chi connectivity index (χ3v) is 3.93. The Kier molecular flexibility index (Phi) is 4.59. The third kappa shape index (κ3) is 3.69. The summed E-state index contributed by atoms with van der Waals surface area (Å²) >= 11 is 7.47. The van der Waals surface area contributed by atoms with Crippen molar-refractivity contribution in [2.75, 3.05) is 5.32 Å². The molecule has 0 aliphatic carbocycles. The molecule has 3 aromatic rings. The second-order valence-electron chi connectivity index (χ2n) is 4.65. The second-order valence-corrected chi connectivity index (χ2v) is 5.95. The number of carbonyl (C=O) groups excluding carboxylic acids is 1. The highest BCUT2D eigenvalue weighted by atomic mass is 35.5. The second kappa shape index (κ2) is 6.80. The highest BCUT2D eigenvalue weighted by Gasteiger charge is 2.19. The minimum Gasteiger partial charge on any atom is -0.462 e. The summed E-state index contributed by atoms with van der Waals surface area (Å²) in [6.07, 6.45) is 2.50. The molecule has 0 fully saturated rings. The number of nitrogens with zero attached hydrogens (tertiary/aromatic N) is 3. The first kappa shape index (κ1) is 15.5. The fourth-order valence-electron chi connectivity index (χ4n) is 1.84. The van der Waals surface area contributed by atoms with Crippen molar-refractivity contribution < 1.29 is 9.53 Å². The molecule has 0 aliphatic heterocycles. The topological polar surface area (TPSA) is 69.0 Å². The van der Waals surface area contributed by atoms with Gasteiger partial charge in [0.05, 0.1) is 11.9 Å². The van der Waals surface area contributed by atoms with Crippen LogP contribution in [-0.2, 0) is 4.79 Å². The average molecular weight is 349 g/mol. The Morgan fingerprint density at radius 1 is 1.39 bits per heavy atom. The van der Waals surface area contributed by atoms with E-state index in [1.54, 1.807) is 29.4 Å². The molecule has 0 radical (unpaired) electrons. The molecule has 1 N–H and O–H groups in total. The standard InChI is InChI=1S/C15H13ClN4O2S/c1-10(13(21)18-15-17-7-8-23-15)22-14-12(16)9-20(19-14)11-5-3-2-4-6-11/h2-10H,1H3,(H,17,18,21)/t10-/m0/s1. The van der Waals surface area contributed by atoms with Crippen LogP contribution >= 0.6 is 22.9 Å². The van der Waals surface area contributed by atoms with Crippen molar-refractivity contribution in [2.24, 2.45) is 0 Å². The average Bonchev–Trinajstić information content (AvgIpc) is 3.18. The number of aromatic nitrogens is 3. The number of amides is 1. The molecule has 23 heavy (non-hydrogen) atoms. The van der Waals surface area contributed by atoms with Gasteiger partial charge in [-0.2, -0.15) is 0 Å². The summed E-state index contributed by atoms with van der Waals surface area (Å²) in [5, 5.41) is 9.57. The van der Waals surface area contributed by atoms with Crippen molar-refractivity contribution in [3.63, 3.8) is 0 Å². The van der Waals surface area contributed by atoms with E-state index in [9.17, 15) is 4.79 Å². The van der Waals surface area contributed by atoms with Crippen LogP contribution in [0.4, 0.5) is 5.13 Å². The molecule has 6 nitrogen and oxygen atoms in total. The van der Waals surface area contributed by atoms with Crippen LogP contribution in [0.3, 0.4) is 0 Å². The third-order valence-electron chi connectivity index (χ3n) is 2.98. The largest absolute Gasteiger partial charge is 0.462 e. The van der Waals surface area contributed by atoms with Gasteiger partial charge in [-0.3, -0.25) is 10.1 Å². The minimum absolute atomic E-state index is 0.206. The lowest BCUT2D eigenvalue weighted by Crippen LogP contribution is -2.30. The van der Waals surface area contributed by atoms with Crippen LogP contribution < -0.4 is 10.1 Å². The van der Waals surface area contributed by atoms with Crippen molar-refractivity contribution in [1.29, 1.82) is 0 Å². The number of rotatable bonds is 5. The lowest BCUT2D eigenvalue weighted by molar-refractivity contribution is -0.122. The SMILES string of the molecule is C[C@H](Oc1nn(-c2ccccc2)cc1Cl)C(=O)Nc1nccs1. The van der Waals surface area contributed by atoms with Crippen molar-refractivity contribution in [2.45, 2.75) is 13.0 Å². The van der Waals surface area contributed by atoms with Crippen molar-refractivity contribution in [3.05, 3.63) is 53.1 Å². The predicted molar refractivity (Wildman–Crippen MR) is 89.4 cm³/mol. The fourth-order valence-corrected chi connectivity index (χ4v) is 2.55. The molecule has 0 aliphatic rings. The normalized spacial score (nSPS) is 11.9. The van der Waals surface area contributed by atoms with Crippen LogP contribution in [-0.4, -0.2) is 26.8 Å². The van der Waals surface area contributed by atoms with Crippen LogP contribution in [0.1, 0.15) is 6.92 Å². The van der Waals surface area contributed by atoms with E-state index in [0.717, 1.165) is 5.69 Å². The number of para-hydroxylation sites is 1. The molecule has 8 heteroatoms. The molecule has 1 atom stereocenters. The maximum atomic E-state index is 12.1. The van der Waals surface area contributed by atoms with E-state index in [1.165, 1.54) is 11.3 Å². The number of nitrogens with one attached hydrogen (secondary N) is 1. The van der Waals surface area contributed by atoms with Gasteiger partial charge < -0.3 is 4.74 Å². The summed E-state index contributed by atoms with van der Waals surface area (Å²) in [7, 11) is 0. The van der Waals surface area contributed by atoms with Crippen molar-refractivity contribution in [3.8, 4) is 11.6 Å². The molecular formula is C15H13ClN4O2S. The zero-order valence-corrected chi connectivity index (χ0v) is 13.7. The number of ether oxygens (including phenoxy) is 1. The van der Waals surface area contributed by atoms with E-state index in [-0.39, 0.29) is 11.8 Å². The minimum atomic E-state index is -0.754. The predicted octanol–water partition coefficient (Wildman–Crippen LogP) is 3.39. The first-order valence-corrected chi connectivity index (χ1v) is 8.07. The lowest BCUT2D eigenvalue weighted by Gasteiger charge is -2.11. The zero-order valence-electron chi connectivity index (χ0n) is 12.1. The molecule has 0 saturated heterocycles. The van der Waals surface area contributed by atoms with Crippen molar-refractivity contribution >= 4 is 34.0 Å². The van der Waals surface area contributed by atoms with Crippen LogP contribution in [0.5, 0.6) is 5.88 Å². The lowest BCUT2D eigenvalue weighted by atomic mass is 10.3. The van der Waals surface area contributed by atoms with E-state index >= 15 is 0 Å². The summed E-state index contributed by atoms with van der Waals surface area (Å²) in [4.78, 5) is 16.0. The number of thiazole rings is 1. The molecule has 118 valence electrons. The van der Waals surface area contributed by atoms with Gasteiger partial charge in [0.15, 0.2) is 11.2 Å². The quantitative estimate of drug-likeness (QED) is 0.767. The van der Waals surface area contributed by atoms with Crippen LogP contribution in [0.2, 0.25) is 5.02 Å². The number of hydrogen-bond donors (Lipinski definition) is 1. The molecule has 0 bridgehead atoms. The maximum absolute atomic E-state index is 12.1. The van der Waals surface area contributed by atoms with E-state index in [4.69, 9.17) is 16.3 Å². The number of hydrogen-bond acceptors (Lipinski definition) is 5. The molecule has 0 spiro atoms. The first-order valence-electron chi connectivity index (χ1n) is 6.81. The van der Waals surface area contributed by atoms with E-state index in [1.807, 2.05) is 30.3 Å². The van der Waals surface area contributed by atoms with E-state index in [0.29, 0.717) is 10.2 Å². The van der Waals surface area contributed by atoms with Gasteiger partial charge >= 0.3 is 0 Å².